The molecule has 1 spiro atoms. The minimum absolute atomic E-state index is 0.0857. The zero-order valence-corrected chi connectivity index (χ0v) is 18.4. The van der Waals surface area contributed by atoms with Crippen LogP contribution >= 0.6 is 0 Å². The highest BCUT2D eigenvalue weighted by atomic mass is 19.4. The Morgan fingerprint density at radius 1 is 1.24 bits per heavy atom. The fraction of sp³-hybridized carbons (Fsp3) is 0.500. The van der Waals surface area contributed by atoms with E-state index in [0.29, 0.717) is 18.3 Å². The SMILES string of the molecule is Cc1cncc(OC2CCOC3(C2)CN(c2cc(C)nc4ncnn24)C3)n1.O=C(O)C(F)(F)F. The van der Waals surface area contributed by atoms with E-state index in [-0.39, 0.29) is 11.7 Å². The number of halogens is 3. The highest BCUT2D eigenvalue weighted by Crippen LogP contribution is 2.38. The van der Waals surface area contributed by atoms with Gasteiger partial charge < -0.3 is 19.5 Å². The van der Waals surface area contributed by atoms with E-state index in [1.165, 1.54) is 6.33 Å². The number of aryl methyl sites for hydroxylation is 2. The fourth-order valence-electron chi connectivity index (χ4n) is 3.92. The molecule has 5 rings (SSSR count). The first-order valence-electron chi connectivity index (χ1n) is 10.4. The lowest BCUT2D eigenvalue weighted by Gasteiger charge is -2.53. The molecule has 14 heteroatoms. The van der Waals surface area contributed by atoms with Gasteiger partial charge in [0.05, 0.1) is 31.6 Å². The molecular formula is C20H22F3N7O4. The minimum Gasteiger partial charge on any atom is -0.475 e. The van der Waals surface area contributed by atoms with Crippen LogP contribution in [0.15, 0.2) is 24.8 Å². The van der Waals surface area contributed by atoms with Crippen LogP contribution in [0.5, 0.6) is 5.88 Å². The van der Waals surface area contributed by atoms with E-state index in [1.807, 2.05) is 19.9 Å². The number of fused-ring (bicyclic) bond motifs is 1. The number of rotatable bonds is 3. The number of aromatic nitrogens is 6. The van der Waals surface area contributed by atoms with Crippen molar-refractivity contribution in [2.75, 3.05) is 24.6 Å². The van der Waals surface area contributed by atoms with Gasteiger partial charge in [0.15, 0.2) is 0 Å². The maximum absolute atomic E-state index is 10.6. The number of anilines is 1. The Bertz CT molecular complexity index is 1180. The van der Waals surface area contributed by atoms with Crippen molar-refractivity contribution in [2.45, 2.75) is 44.6 Å². The third kappa shape index (κ3) is 5.16. The zero-order chi connectivity index (χ0) is 24.5. The zero-order valence-electron chi connectivity index (χ0n) is 18.4. The van der Waals surface area contributed by atoms with Gasteiger partial charge in [-0.05, 0) is 13.8 Å². The molecule has 3 aromatic heterocycles. The Morgan fingerprint density at radius 3 is 2.65 bits per heavy atom. The van der Waals surface area contributed by atoms with Crippen molar-refractivity contribution < 1.29 is 32.5 Å². The van der Waals surface area contributed by atoms with Crippen LogP contribution in [0.2, 0.25) is 0 Å². The van der Waals surface area contributed by atoms with Gasteiger partial charge in [-0.1, -0.05) is 0 Å². The molecule has 2 saturated heterocycles. The van der Waals surface area contributed by atoms with Crippen molar-refractivity contribution in [3.8, 4) is 5.88 Å². The van der Waals surface area contributed by atoms with Gasteiger partial charge in [-0.15, -0.1) is 0 Å². The van der Waals surface area contributed by atoms with Crippen LogP contribution in [0, 0.1) is 13.8 Å². The van der Waals surface area contributed by atoms with Crippen molar-refractivity contribution in [2.24, 2.45) is 0 Å². The number of alkyl halides is 3. The normalized spacial score (nSPS) is 19.3. The van der Waals surface area contributed by atoms with Crippen LogP contribution in [0.25, 0.3) is 5.78 Å². The van der Waals surface area contributed by atoms with Crippen molar-refractivity contribution in [1.82, 2.24) is 29.5 Å². The molecule has 0 amide bonds. The fourth-order valence-corrected chi connectivity index (χ4v) is 3.92. The second-order valence-electron chi connectivity index (χ2n) is 8.15. The maximum atomic E-state index is 10.6. The summed E-state index contributed by atoms with van der Waals surface area (Å²) in [7, 11) is 0. The molecule has 2 fully saturated rings. The first-order valence-corrected chi connectivity index (χ1v) is 10.4. The first kappa shape index (κ1) is 23.6. The smallest absolute Gasteiger partial charge is 0.475 e. The standard InChI is InChI=1S/C18H21N7O2.C2HF3O2/c1-12-5-16(25-17(23-12)20-11-21-25)24-9-18(10-24)6-14(3-4-26-18)27-15-8-19-7-13(2)22-15;3-2(4,5)1(6)7/h5,7-8,11,14H,3-4,6,9-10H2,1-2H3;(H,6,7). The van der Waals surface area contributed by atoms with E-state index >= 15 is 0 Å². The van der Waals surface area contributed by atoms with Gasteiger partial charge in [0.1, 0.15) is 23.9 Å². The molecule has 0 aromatic carbocycles. The molecular weight excluding hydrogens is 459 g/mol. The largest absolute Gasteiger partial charge is 0.490 e. The molecule has 0 saturated carbocycles. The van der Waals surface area contributed by atoms with Gasteiger partial charge in [-0.2, -0.15) is 27.8 Å². The van der Waals surface area contributed by atoms with Crippen molar-refractivity contribution in [3.63, 3.8) is 0 Å². The summed E-state index contributed by atoms with van der Waals surface area (Å²) in [5.41, 5.74) is 1.59. The van der Waals surface area contributed by atoms with E-state index in [4.69, 9.17) is 19.4 Å². The van der Waals surface area contributed by atoms with Crippen molar-refractivity contribution >= 4 is 17.6 Å². The van der Waals surface area contributed by atoms with Crippen molar-refractivity contribution in [1.29, 1.82) is 0 Å². The second-order valence-corrected chi connectivity index (χ2v) is 8.15. The third-order valence-electron chi connectivity index (χ3n) is 5.35. The lowest BCUT2D eigenvalue weighted by atomic mass is 9.84. The summed E-state index contributed by atoms with van der Waals surface area (Å²) in [6, 6.07) is 2.04. The van der Waals surface area contributed by atoms with E-state index in [1.54, 1.807) is 16.9 Å². The Hall–Kier alpha value is -3.55. The Morgan fingerprint density at radius 2 is 1.97 bits per heavy atom. The van der Waals surface area contributed by atoms with Gasteiger partial charge in [0, 0.05) is 30.8 Å². The molecule has 182 valence electrons. The van der Waals surface area contributed by atoms with Crippen LogP contribution in [0.3, 0.4) is 0 Å². The minimum atomic E-state index is -5.08. The molecule has 1 unspecified atom stereocenters. The number of hydrogen-bond acceptors (Lipinski definition) is 9. The molecule has 1 N–H and O–H groups in total. The van der Waals surface area contributed by atoms with Crippen LogP contribution in [-0.4, -0.2) is 78.2 Å². The van der Waals surface area contributed by atoms with Crippen LogP contribution < -0.4 is 9.64 Å². The molecule has 1 atom stereocenters. The van der Waals surface area contributed by atoms with Gasteiger partial charge in [-0.3, -0.25) is 4.98 Å². The summed E-state index contributed by atoms with van der Waals surface area (Å²) in [6.07, 6.45) is 1.63. The Kier molecular flexibility index (Phi) is 6.25. The molecule has 34 heavy (non-hydrogen) atoms. The van der Waals surface area contributed by atoms with Crippen molar-refractivity contribution in [3.05, 3.63) is 36.2 Å². The Labute approximate surface area is 191 Å². The molecule has 5 heterocycles. The summed E-state index contributed by atoms with van der Waals surface area (Å²) in [4.78, 5) is 28.3. The second kappa shape index (κ2) is 9.00. The summed E-state index contributed by atoms with van der Waals surface area (Å²) in [5.74, 6) is -0.554. The molecule has 3 aromatic rings. The van der Waals surface area contributed by atoms with Crippen LogP contribution in [0.4, 0.5) is 19.0 Å². The monoisotopic (exact) mass is 481 g/mol. The summed E-state index contributed by atoms with van der Waals surface area (Å²) < 4.78 is 45.7. The molecule has 0 bridgehead atoms. The van der Waals surface area contributed by atoms with Crippen LogP contribution in [-0.2, 0) is 9.53 Å². The van der Waals surface area contributed by atoms with Gasteiger partial charge in [-0.25, -0.2) is 14.8 Å². The third-order valence-corrected chi connectivity index (χ3v) is 5.35. The molecule has 0 radical (unpaired) electrons. The van der Waals surface area contributed by atoms with Gasteiger partial charge >= 0.3 is 12.1 Å². The van der Waals surface area contributed by atoms with E-state index in [0.717, 1.165) is 43.1 Å². The van der Waals surface area contributed by atoms with Crippen LogP contribution in [0.1, 0.15) is 24.2 Å². The topological polar surface area (TPSA) is 128 Å². The number of carbonyl (C=O) groups is 1. The summed E-state index contributed by atoms with van der Waals surface area (Å²) in [6.45, 7) is 6.16. The Balaban J connectivity index is 0.000000344. The van der Waals surface area contributed by atoms with Gasteiger partial charge in [0.2, 0.25) is 5.88 Å². The van der Waals surface area contributed by atoms with Gasteiger partial charge in [0.25, 0.3) is 5.78 Å². The average Bonchev–Trinajstić information content (AvgIpc) is 3.20. The molecule has 0 aliphatic carbocycles. The summed E-state index contributed by atoms with van der Waals surface area (Å²) >= 11 is 0. The highest BCUT2D eigenvalue weighted by molar-refractivity contribution is 5.73. The quantitative estimate of drug-likeness (QED) is 0.593. The summed E-state index contributed by atoms with van der Waals surface area (Å²) in [5, 5.41) is 11.4. The molecule has 2 aliphatic rings. The first-order chi connectivity index (χ1) is 16.0. The number of hydrogen-bond donors (Lipinski definition) is 1. The van der Waals surface area contributed by atoms with E-state index < -0.39 is 12.1 Å². The molecule has 2 aliphatic heterocycles. The number of aliphatic carboxylic acids is 1. The average molecular weight is 481 g/mol. The molecule has 11 nitrogen and oxygen atoms in total. The highest BCUT2D eigenvalue weighted by Gasteiger charge is 2.49. The predicted molar refractivity (Wildman–Crippen MR) is 111 cm³/mol. The number of nitrogens with zero attached hydrogens (tertiary/aromatic N) is 7. The predicted octanol–water partition coefficient (Wildman–Crippen LogP) is 1.98. The van der Waals surface area contributed by atoms with E-state index in [9.17, 15) is 13.2 Å². The number of ether oxygens (including phenoxy) is 2. The lowest BCUT2D eigenvalue weighted by Crippen LogP contribution is -2.66. The number of carboxylic acid groups (broad SMARTS) is 1. The lowest BCUT2D eigenvalue weighted by molar-refractivity contribution is -0.192. The number of carboxylic acids is 1. The maximum Gasteiger partial charge on any atom is 0.490 e. The van der Waals surface area contributed by atoms with E-state index in [2.05, 4.69) is 29.9 Å².